The zero-order chi connectivity index (χ0) is 78.1. The maximum Gasteiger partial charge on any atom is 0.533 e. The number of imide groups is 1. The van der Waals surface area contributed by atoms with E-state index in [1.807, 2.05) is 0 Å². The van der Waals surface area contributed by atoms with E-state index in [2.05, 4.69) is 102 Å². The van der Waals surface area contributed by atoms with Crippen molar-refractivity contribution < 1.29 is 139 Å². The number of aliphatic hydroxyl groups is 4. The predicted molar refractivity (Wildman–Crippen MR) is 362 cm³/mol. The van der Waals surface area contributed by atoms with Gasteiger partial charge in [-0.1, -0.05) is 35.7 Å². The van der Waals surface area contributed by atoms with Crippen LogP contribution in [-0.2, 0) is 105 Å². The van der Waals surface area contributed by atoms with Crippen molar-refractivity contribution >= 4 is 119 Å². The second kappa shape index (κ2) is 82.2. The van der Waals surface area contributed by atoms with Gasteiger partial charge in [0, 0.05) is 121 Å². The van der Waals surface area contributed by atoms with E-state index in [9.17, 15) is 61.3 Å². The first-order chi connectivity index (χ1) is 47.3. The molecule has 2 amide bonds. The first-order valence-corrected chi connectivity index (χ1v) is 39.6. The Morgan fingerprint density at radius 1 is 0.470 bits per heavy atom. The maximum atomic E-state index is 11.6. The fraction of sp³-hybridized carbons (Fsp3) is 0.905. The summed E-state index contributed by atoms with van der Waals surface area (Å²) in [4.78, 5) is 63.4. The number of sulfone groups is 3. The molecule has 1 rings (SSSR count). The molecule has 0 aromatic heterocycles. The molecule has 1 heterocycles. The fourth-order valence-electron chi connectivity index (χ4n) is 4.37. The van der Waals surface area contributed by atoms with E-state index >= 15 is 0 Å². The molecule has 58 heteroatoms. The molecule has 1 aliphatic heterocycles. The number of azide groups is 6. The zero-order valence-corrected chi connectivity index (χ0v) is 61.4. The van der Waals surface area contributed by atoms with Crippen LogP contribution in [0.5, 0.6) is 0 Å². The molecule has 0 unspecified atom stereocenters. The molecular formula is C42H85Cl2N19O30S7. The molecule has 1 fully saturated rings. The molecule has 49 nitrogen and oxygen atoms in total. The van der Waals surface area contributed by atoms with Gasteiger partial charge in [0.2, 0.25) is 9.05 Å². The van der Waals surface area contributed by atoms with Gasteiger partial charge in [0.15, 0.2) is 29.5 Å². The molecule has 1 saturated heterocycles. The van der Waals surface area contributed by atoms with Gasteiger partial charge < -0.3 is 58.3 Å². The lowest BCUT2D eigenvalue weighted by Crippen LogP contribution is -2.33. The average molecular weight is 1630 g/mol. The van der Waals surface area contributed by atoms with Crippen LogP contribution in [0.1, 0.15) is 12.8 Å². The number of aliphatic hydroxyl groups excluding tert-OH is 4. The molecule has 0 aromatic carbocycles. The minimum Gasteiger partial charge on any atom is -0.453 e. The second-order valence-electron chi connectivity index (χ2n) is 16.2. The van der Waals surface area contributed by atoms with E-state index in [1.165, 1.54) is 0 Å². The van der Waals surface area contributed by atoms with Gasteiger partial charge >= 0.3 is 11.6 Å². The number of amides is 2. The minimum atomic E-state index is -3.53. The normalized spacial score (nSPS) is 11.1. The Morgan fingerprint density at radius 3 is 1.08 bits per heavy atom. The lowest BCUT2D eigenvalue weighted by atomic mass is 10.4. The molecule has 0 radical (unpaired) electrons. The molecule has 0 aromatic rings. The molecule has 0 spiro atoms. The van der Waals surface area contributed by atoms with Gasteiger partial charge in [-0.05, 0) is 33.2 Å². The number of ether oxygens (including phenoxy) is 8. The standard InChI is InChI=1S/C11H16N4O8S.C7H12ClN3O5S.C6H13N3O4S.C6H13N3O2S.C5H11N3O4S.C4H9N3O2.C2H6OS.CH3ClO2S.H2O2/c12-14-13-3-4-21-5-7-24(19,20)8-6-22-11(18)23-15-9(16)1-2-10(15)17;8-7(12)16-4-6-17(13,14)5-3-15-2-1-10-11-9;7-9-8-1-3-13-4-6-14(11,12)5-2-10;7-9-8-1-3-11-4-6-12-5-2-10;1-13(9,10)12-5-4-11-3-2-7-8-6;5-7-6-1-3-9-4-2-8;3-1-2-4;1-5(2,3)4;1-2/h1-8H2;1-6H2;10H,1-6H2;10H,1-6H2;2-5H2,1H3;8H,1-4H2;3-4H,1-2H2;1H3;1-2H. The van der Waals surface area contributed by atoms with Gasteiger partial charge in [-0.25, -0.2) is 43.3 Å². The van der Waals surface area contributed by atoms with Crippen molar-refractivity contribution in [3.05, 3.63) is 62.7 Å². The molecule has 0 atom stereocenters. The number of thiol groups is 1. The maximum absolute atomic E-state index is 11.6. The Hall–Kier alpha value is -5.75. The van der Waals surface area contributed by atoms with E-state index in [-0.39, 0.29) is 160 Å². The number of nitrogens with zero attached hydrogens (tertiary/aromatic N) is 19. The number of hydrogen-bond acceptors (Lipinski definition) is 38. The van der Waals surface area contributed by atoms with Crippen LogP contribution < -0.4 is 0 Å². The summed E-state index contributed by atoms with van der Waals surface area (Å²) in [5.74, 6) is -0.763. The van der Waals surface area contributed by atoms with Crippen LogP contribution in [0.25, 0.3) is 62.7 Å². The summed E-state index contributed by atoms with van der Waals surface area (Å²) in [6, 6.07) is 0. The highest BCUT2D eigenvalue weighted by atomic mass is 35.7. The molecule has 6 N–H and O–H groups in total. The Labute approximate surface area is 594 Å². The van der Waals surface area contributed by atoms with E-state index in [4.69, 9.17) is 104 Å². The van der Waals surface area contributed by atoms with Crippen molar-refractivity contribution in [2.75, 3.05) is 229 Å². The van der Waals surface area contributed by atoms with Crippen LogP contribution >= 0.6 is 46.7 Å². The van der Waals surface area contributed by atoms with E-state index in [0.29, 0.717) is 50.3 Å². The number of carbonyl (C=O) groups excluding carboxylic acids is 4. The summed E-state index contributed by atoms with van der Waals surface area (Å²) >= 11 is 10.2. The van der Waals surface area contributed by atoms with Crippen LogP contribution in [0.2, 0.25) is 0 Å². The highest BCUT2D eigenvalue weighted by Gasteiger charge is 2.33. The molecule has 0 aliphatic carbocycles. The summed E-state index contributed by atoms with van der Waals surface area (Å²) in [5.41, 5.74) is 46.4. The minimum absolute atomic E-state index is 0.00188. The summed E-state index contributed by atoms with van der Waals surface area (Å²) in [5, 5.41) is 64.5. The van der Waals surface area contributed by atoms with Crippen molar-refractivity contribution in [3.8, 4) is 0 Å². The lowest BCUT2D eigenvalue weighted by Gasteiger charge is -2.12. The van der Waals surface area contributed by atoms with Crippen LogP contribution in [-0.4, -0.2) is 331 Å². The van der Waals surface area contributed by atoms with Gasteiger partial charge in [-0.3, -0.25) is 29.1 Å². The van der Waals surface area contributed by atoms with Gasteiger partial charge in [0.1, 0.15) is 13.2 Å². The highest BCUT2D eigenvalue weighted by molar-refractivity contribution is 8.13. The second-order valence-corrected chi connectivity index (χ2v) is 29.7. The zero-order valence-electron chi connectivity index (χ0n) is 54.1. The summed E-state index contributed by atoms with van der Waals surface area (Å²) in [7, 11) is -12.1. The van der Waals surface area contributed by atoms with Gasteiger partial charge in [0.05, 0.1) is 159 Å². The van der Waals surface area contributed by atoms with Crippen molar-refractivity contribution in [3.63, 3.8) is 0 Å². The lowest BCUT2D eigenvalue weighted by molar-refractivity contribution is -0.176. The topological polar surface area (TPSA) is 748 Å². The molecule has 1 aliphatic rings. The fourth-order valence-corrected chi connectivity index (χ4v) is 8.07. The molecule has 0 bridgehead atoms. The van der Waals surface area contributed by atoms with E-state index in [0.717, 1.165) is 24.0 Å². The molecular weight excluding hydrogens is 1550 g/mol. The average Bonchev–Trinajstić information content (AvgIpc) is 1.73. The third kappa shape index (κ3) is 114. The van der Waals surface area contributed by atoms with Crippen LogP contribution in [0.4, 0.5) is 9.59 Å². The van der Waals surface area contributed by atoms with Gasteiger partial charge in [0.25, 0.3) is 21.9 Å². The van der Waals surface area contributed by atoms with Gasteiger partial charge in [-0.2, -0.15) is 32.8 Å². The van der Waals surface area contributed by atoms with Crippen molar-refractivity contribution in [1.29, 1.82) is 0 Å². The third-order valence-corrected chi connectivity index (χ3v) is 14.9. The number of rotatable bonds is 48. The van der Waals surface area contributed by atoms with Crippen molar-refractivity contribution in [2.45, 2.75) is 12.8 Å². The SMILES string of the molecule is CS(=O)(=O)Cl.CS(=O)(=O)OCCOCCN=[N+]=[N-].OCCS.OO.[N-]=[N+]=NCCOCCO.[N-]=[N+]=NCCOCCS(=O)(=O)CCO.[N-]=[N+]=NCCOCCS(=O)(=O)CCOC(=O)Cl.[N-]=[N+]=NCCOCCS(=O)(=O)CCOC(=O)ON1C(=O)CCC1=O.[N-]=[N+]=NCCOCCSCCO. The Bertz CT molecular complexity index is 2960. The number of hydroxylamine groups is 2. The third-order valence-electron chi connectivity index (χ3n) is 8.28. The largest absolute Gasteiger partial charge is 0.533 e. The van der Waals surface area contributed by atoms with Crippen molar-refractivity contribution in [2.24, 2.45) is 30.7 Å². The molecule has 100 heavy (non-hydrogen) atoms. The molecule has 584 valence electrons. The summed E-state index contributed by atoms with van der Waals surface area (Å²) in [6.45, 7) is 3.30. The van der Waals surface area contributed by atoms with Crippen LogP contribution in [0.3, 0.4) is 0 Å². The van der Waals surface area contributed by atoms with Crippen LogP contribution in [0, 0.1) is 0 Å². The Balaban J connectivity index is -0.000000168. The van der Waals surface area contributed by atoms with E-state index in [1.54, 1.807) is 11.8 Å². The van der Waals surface area contributed by atoms with Crippen LogP contribution in [0.15, 0.2) is 30.7 Å². The number of halogens is 2. The number of carbonyl (C=O) groups is 4. The first-order valence-electron chi connectivity index (χ1n) is 27.5. The first kappa shape index (κ1) is 110. The van der Waals surface area contributed by atoms with Gasteiger partial charge in [-0.15, -0.1) is 0 Å². The van der Waals surface area contributed by atoms with E-state index < -0.39 is 84.4 Å². The summed E-state index contributed by atoms with van der Waals surface area (Å²) < 4.78 is 150. The summed E-state index contributed by atoms with van der Waals surface area (Å²) in [6.07, 6.45) is 0.446. The quantitative estimate of drug-likeness (QED) is 0.00393. The monoisotopic (exact) mass is 1630 g/mol. The number of thioether (sulfide) groups is 1. The predicted octanol–water partition coefficient (Wildman–Crippen LogP) is 2.51. The molecule has 0 saturated carbocycles. The Morgan fingerprint density at radius 2 is 0.780 bits per heavy atom. The smallest absolute Gasteiger partial charge is 0.453 e. The van der Waals surface area contributed by atoms with Crippen molar-refractivity contribution in [1.82, 2.24) is 5.06 Å². The Kier molecular flexibility index (Phi) is 90.6. The highest BCUT2D eigenvalue weighted by Crippen LogP contribution is 2.12. The number of hydrogen-bond donors (Lipinski definition) is 7.